The van der Waals surface area contributed by atoms with Crippen molar-refractivity contribution in [1.29, 1.82) is 0 Å². The highest BCUT2D eigenvalue weighted by atomic mass is 19.1. The fraction of sp³-hybridized carbons (Fsp3) is 0.333. The smallest absolute Gasteiger partial charge is 0.326 e. The van der Waals surface area contributed by atoms with Gasteiger partial charge in [0.2, 0.25) is 0 Å². The molecule has 0 aliphatic rings. The second-order valence-electron chi connectivity index (χ2n) is 3.71. The van der Waals surface area contributed by atoms with Crippen LogP contribution in [-0.2, 0) is 16.0 Å². The first-order valence-corrected chi connectivity index (χ1v) is 5.22. The first kappa shape index (κ1) is 13.2. The van der Waals surface area contributed by atoms with Crippen LogP contribution in [0.4, 0.5) is 4.39 Å². The molecule has 4 nitrogen and oxygen atoms in total. The van der Waals surface area contributed by atoms with Crippen LogP contribution in [0.1, 0.15) is 12.5 Å². The zero-order valence-corrected chi connectivity index (χ0v) is 9.39. The van der Waals surface area contributed by atoms with Crippen molar-refractivity contribution in [2.24, 2.45) is 0 Å². The minimum Gasteiger partial charge on any atom is -0.480 e. The molecule has 2 atom stereocenters. The van der Waals surface area contributed by atoms with Gasteiger partial charge < -0.3 is 10.4 Å². The molecule has 1 rings (SSSR count). The van der Waals surface area contributed by atoms with E-state index in [1.54, 1.807) is 24.3 Å². The summed E-state index contributed by atoms with van der Waals surface area (Å²) in [4.78, 5) is 22.0. The van der Waals surface area contributed by atoms with Crippen molar-refractivity contribution in [2.75, 3.05) is 0 Å². The van der Waals surface area contributed by atoms with E-state index in [1.807, 2.05) is 6.07 Å². The molecule has 1 unspecified atom stereocenters. The van der Waals surface area contributed by atoms with Crippen molar-refractivity contribution in [3.8, 4) is 0 Å². The second-order valence-corrected chi connectivity index (χ2v) is 3.71. The molecule has 0 aromatic heterocycles. The minimum absolute atomic E-state index is 0.134. The lowest BCUT2D eigenvalue weighted by Gasteiger charge is -2.14. The molecule has 0 saturated carbocycles. The number of nitrogens with one attached hydrogen (secondary N) is 1. The Labute approximate surface area is 98.5 Å². The van der Waals surface area contributed by atoms with Gasteiger partial charge in [-0.05, 0) is 12.5 Å². The number of hydrogen-bond acceptors (Lipinski definition) is 2. The van der Waals surface area contributed by atoms with Gasteiger partial charge in [-0.25, -0.2) is 9.18 Å². The quantitative estimate of drug-likeness (QED) is 0.810. The number of benzene rings is 1. The molecule has 1 amide bonds. The van der Waals surface area contributed by atoms with Crippen molar-refractivity contribution in [1.82, 2.24) is 5.32 Å². The molecule has 0 heterocycles. The van der Waals surface area contributed by atoms with Crippen LogP contribution in [0.25, 0.3) is 0 Å². The predicted molar refractivity (Wildman–Crippen MR) is 60.3 cm³/mol. The van der Waals surface area contributed by atoms with E-state index in [-0.39, 0.29) is 6.42 Å². The Morgan fingerprint density at radius 1 is 1.35 bits per heavy atom. The SMILES string of the molecule is CC(F)C(=O)N[C@@H](Cc1ccccc1)C(=O)O. The minimum atomic E-state index is -1.72. The largest absolute Gasteiger partial charge is 0.480 e. The van der Waals surface area contributed by atoms with Crippen molar-refractivity contribution < 1.29 is 19.1 Å². The van der Waals surface area contributed by atoms with Gasteiger partial charge in [-0.15, -0.1) is 0 Å². The second kappa shape index (κ2) is 5.98. The first-order valence-electron chi connectivity index (χ1n) is 5.22. The molecule has 0 aliphatic carbocycles. The number of amides is 1. The van der Waals surface area contributed by atoms with Gasteiger partial charge in [0.15, 0.2) is 6.17 Å². The third-order valence-corrected chi connectivity index (χ3v) is 2.26. The molecule has 0 spiro atoms. The summed E-state index contributed by atoms with van der Waals surface area (Å²) in [5, 5.41) is 11.1. The fourth-order valence-corrected chi connectivity index (χ4v) is 1.34. The molecule has 1 aromatic rings. The number of hydrogen-bond donors (Lipinski definition) is 2. The number of rotatable bonds is 5. The van der Waals surface area contributed by atoms with Gasteiger partial charge >= 0.3 is 5.97 Å². The van der Waals surface area contributed by atoms with Gasteiger partial charge in [-0.2, -0.15) is 0 Å². The maximum absolute atomic E-state index is 12.7. The number of carbonyl (C=O) groups excluding carboxylic acids is 1. The molecule has 0 fully saturated rings. The van der Waals surface area contributed by atoms with Gasteiger partial charge in [0.25, 0.3) is 5.91 Å². The van der Waals surface area contributed by atoms with E-state index in [9.17, 15) is 14.0 Å². The zero-order chi connectivity index (χ0) is 12.8. The fourth-order valence-electron chi connectivity index (χ4n) is 1.34. The van der Waals surface area contributed by atoms with Crippen LogP contribution in [-0.4, -0.2) is 29.2 Å². The molecular weight excluding hydrogens is 225 g/mol. The molecule has 0 aliphatic heterocycles. The summed E-state index contributed by atoms with van der Waals surface area (Å²) in [6, 6.07) is 7.74. The predicted octanol–water partition coefficient (Wildman–Crippen LogP) is 1.16. The zero-order valence-electron chi connectivity index (χ0n) is 9.39. The number of halogens is 1. The topological polar surface area (TPSA) is 66.4 Å². The van der Waals surface area contributed by atoms with Crippen LogP contribution >= 0.6 is 0 Å². The van der Waals surface area contributed by atoms with Crippen molar-refractivity contribution >= 4 is 11.9 Å². The molecule has 5 heteroatoms. The van der Waals surface area contributed by atoms with Crippen LogP contribution in [0.15, 0.2) is 30.3 Å². The van der Waals surface area contributed by atoms with Gasteiger partial charge in [0.05, 0.1) is 0 Å². The van der Waals surface area contributed by atoms with E-state index in [2.05, 4.69) is 5.32 Å². The summed E-state index contributed by atoms with van der Waals surface area (Å²) in [6.45, 7) is 1.07. The Bertz CT molecular complexity index is 392. The van der Waals surface area contributed by atoms with Crippen LogP contribution < -0.4 is 5.32 Å². The summed E-state index contributed by atoms with van der Waals surface area (Å²) in [7, 11) is 0. The van der Waals surface area contributed by atoms with Gasteiger partial charge in [0.1, 0.15) is 6.04 Å². The Balaban J connectivity index is 2.68. The molecule has 0 bridgehead atoms. The lowest BCUT2D eigenvalue weighted by Crippen LogP contribution is -2.45. The normalized spacial score (nSPS) is 13.8. The van der Waals surface area contributed by atoms with Gasteiger partial charge in [-0.1, -0.05) is 30.3 Å². The molecule has 92 valence electrons. The van der Waals surface area contributed by atoms with Crippen LogP contribution in [0, 0.1) is 0 Å². The summed E-state index contributed by atoms with van der Waals surface area (Å²) < 4.78 is 12.7. The highest BCUT2D eigenvalue weighted by Crippen LogP contribution is 2.04. The van der Waals surface area contributed by atoms with Crippen molar-refractivity contribution in [3.63, 3.8) is 0 Å². The first-order chi connectivity index (χ1) is 8.00. The molecular formula is C12H14FNO3. The summed E-state index contributed by atoms with van der Waals surface area (Å²) in [5.74, 6) is -2.09. The molecule has 0 saturated heterocycles. The average molecular weight is 239 g/mol. The van der Waals surface area contributed by atoms with E-state index in [1.165, 1.54) is 0 Å². The number of aliphatic carboxylic acids is 1. The number of carboxylic acid groups (broad SMARTS) is 1. The maximum Gasteiger partial charge on any atom is 0.326 e. The molecule has 1 aromatic carbocycles. The van der Waals surface area contributed by atoms with Gasteiger partial charge in [0, 0.05) is 6.42 Å². The third-order valence-electron chi connectivity index (χ3n) is 2.26. The van der Waals surface area contributed by atoms with Crippen LogP contribution in [0.3, 0.4) is 0 Å². The Kier molecular flexibility index (Phi) is 4.63. The average Bonchev–Trinajstić information content (AvgIpc) is 2.29. The van der Waals surface area contributed by atoms with E-state index >= 15 is 0 Å². The monoisotopic (exact) mass is 239 g/mol. The Morgan fingerprint density at radius 2 is 1.94 bits per heavy atom. The van der Waals surface area contributed by atoms with E-state index in [0.717, 1.165) is 12.5 Å². The summed E-state index contributed by atoms with van der Waals surface area (Å²) in [6.07, 6.45) is -1.58. The summed E-state index contributed by atoms with van der Waals surface area (Å²) >= 11 is 0. The van der Waals surface area contributed by atoms with Crippen molar-refractivity contribution in [3.05, 3.63) is 35.9 Å². The molecule has 2 N–H and O–H groups in total. The lowest BCUT2D eigenvalue weighted by atomic mass is 10.1. The molecule has 0 radical (unpaired) electrons. The molecule has 17 heavy (non-hydrogen) atoms. The van der Waals surface area contributed by atoms with Gasteiger partial charge in [-0.3, -0.25) is 4.79 Å². The van der Waals surface area contributed by atoms with Crippen molar-refractivity contribution in [2.45, 2.75) is 25.6 Å². The van der Waals surface area contributed by atoms with E-state index in [0.29, 0.717) is 0 Å². The van der Waals surface area contributed by atoms with Crippen LogP contribution in [0.2, 0.25) is 0 Å². The Hall–Kier alpha value is -1.91. The maximum atomic E-state index is 12.7. The number of carboxylic acids is 1. The highest BCUT2D eigenvalue weighted by Gasteiger charge is 2.22. The highest BCUT2D eigenvalue weighted by molar-refractivity contribution is 5.86. The lowest BCUT2D eigenvalue weighted by molar-refractivity contribution is -0.142. The van der Waals surface area contributed by atoms with E-state index < -0.39 is 24.1 Å². The number of alkyl halides is 1. The standard InChI is InChI=1S/C12H14FNO3/c1-8(13)11(15)14-10(12(16)17)7-9-5-3-2-4-6-9/h2-6,8,10H,7H2,1H3,(H,14,15)(H,16,17)/t8?,10-/m0/s1. The Morgan fingerprint density at radius 3 is 2.41 bits per heavy atom. The summed E-state index contributed by atoms with van der Waals surface area (Å²) in [5.41, 5.74) is 0.770. The third kappa shape index (κ3) is 4.22. The van der Waals surface area contributed by atoms with E-state index in [4.69, 9.17) is 5.11 Å². The number of carbonyl (C=O) groups is 2. The van der Waals surface area contributed by atoms with Crippen LogP contribution in [0.5, 0.6) is 0 Å².